The number of amides is 2. The molecule has 45 heavy (non-hydrogen) atoms. The van der Waals surface area contributed by atoms with E-state index in [1.165, 1.54) is 4.90 Å². The third-order valence-corrected chi connectivity index (χ3v) is 8.71. The molecule has 1 aliphatic heterocycles. The fourth-order valence-electron chi connectivity index (χ4n) is 6.32. The molecule has 4 aromatic heterocycles. The first-order valence-electron chi connectivity index (χ1n) is 15.2. The van der Waals surface area contributed by atoms with Crippen molar-refractivity contribution < 1.29 is 18.7 Å². The average Bonchev–Trinajstić information content (AvgIpc) is 3.69. The Balaban J connectivity index is 1.30. The quantitative estimate of drug-likeness (QED) is 0.273. The van der Waals surface area contributed by atoms with E-state index in [9.17, 15) is 14.0 Å². The van der Waals surface area contributed by atoms with Crippen molar-refractivity contribution in [2.45, 2.75) is 44.4 Å². The van der Waals surface area contributed by atoms with Gasteiger partial charge in [-0.2, -0.15) is 0 Å². The van der Waals surface area contributed by atoms with Crippen molar-refractivity contribution in [2.75, 3.05) is 20.2 Å². The third-order valence-electron chi connectivity index (χ3n) is 8.71. The van der Waals surface area contributed by atoms with Gasteiger partial charge >= 0.3 is 0 Å². The lowest BCUT2D eigenvalue weighted by atomic mass is 10.0. The molecule has 5 aromatic rings. The third kappa shape index (κ3) is 5.50. The number of methoxy groups -OCH3 is 1. The van der Waals surface area contributed by atoms with Gasteiger partial charge in [0.15, 0.2) is 5.82 Å². The second kappa shape index (κ2) is 11.3. The van der Waals surface area contributed by atoms with Gasteiger partial charge in [0, 0.05) is 54.6 Å². The second-order valence-electron chi connectivity index (χ2n) is 12.2. The molecule has 7 rings (SSSR count). The molecule has 11 nitrogen and oxygen atoms in total. The number of likely N-dealkylation sites (tertiary alicyclic amines) is 1. The van der Waals surface area contributed by atoms with Crippen molar-refractivity contribution in [3.05, 3.63) is 59.9 Å². The lowest BCUT2D eigenvalue weighted by Gasteiger charge is -2.33. The molecule has 2 amide bonds. The largest absolute Gasteiger partial charge is 0.494 e. The van der Waals surface area contributed by atoms with Crippen LogP contribution in [0.1, 0.15) is 35.3 Å². The van der Waals surface area contributed by atoms with Gasteiger partial charge in [-0.25, -0.2) is 14.4 Å². The van der Waals surface area contributed by atoms with Crippen LogP contribution in [0.5, 0.6) is 5.75 Å². The highest BCUT2D eigenvalue weighted by molar-refractivity contribution is 6.00. The molecule has 2 fully saturated rings. The molecule has 232 valence electrons. The number of aryl methyl sites for hydroxylation is 1. The number of ether oxygens (including phenoxy) is 1. The van der Waals surface area contributed by atoms with Gasteiger partial charge in [-0.3, -0.25) is 14.6 Å². The number of pyridine rings is 2. The lowest BCUT2D eigenvalue weighted by molar-refractivity contribution is -0.117. The van der Waals surface area contributed by atoms with Crippen molar-refractivity contribution in [3.63, 3.8) is 0 Å². The predicted molar refractivity (Wildman–Crippen MR) is 168 cm³/mol. The Hall–Kier alpha value is -4.84. The Morgan fingerprint density at radius 3 is 2.60 bits per heavy atom. The molecule has 0 bridgehead atoms. The molecule has 0 radical (unpaired) electrons. The molecule has 1 saturated heterocycles. The Labute approximate surface area is 259 Å². The number of hydrogen-bond donors (Lipinski definition) is 2. The van der Waals surface area contributed by atoms with Crippen LogP contribution in [-0.4, -0.2) is 73.2 Å². The van der Waals surface area contributed by atoms with E-state index in [4.69, 9.17) is 26.2 Å². The number of primary amides is 1. The highest BCUT2D eigenvalue weighted by Gasteiger charge is 2.30. The monoisotopic (exact) mass is 610 g/mol. The fraction of sp³-hybridized carbons (Fsp3) is 0.364. The van der Waals surface area contributed by atoms with E-state index in [0.717, 1.165) is 58.7 Å². The molecule has 1 aliphatic carbocycles. The Morgan fingerprint density at radius 2 is 1.91 bits per heavy atom. The second-order valence-corrected chi connectivity index (χ2v) is 12.2. The standard InChI is InChI=1S/C33H35FN8O3/c1-40-30-26(9-21(11-28(30)45-2)33(44)41-16-22(34)12-23(35)17-41)39-32(40)27-10-19-6-8-25(38-31(19)42(27)15-18-3-4-18)20-5-7-24(37-14-20)13-29(36)43/h5-11,14,18,22-23H,3-4,12-13,15-17,35H2,1-2H3,(H2,36,43)/t22-,23-/m1/s1. The normalized spacial score (nSPS) is 18.5. The topological polar surface area (TPSA) is 147 Å². The van der Waals surface area contributed by atoms with E-state index in [1.807, 2.05) is 29.8 Å². The van der Waals surface area contributed by atoms with Gasteiger partial charge in [-0.15, -0.1) is 0 Å². The van der Waals surface area contributed by atoms with Crippen LogP contribution >= 0.6 is 0 Å². The number of nitrogens with zero attached hydrogens (tertiary/aromatic N) is 6. The summed E-state index contributed by atoms with van der Waals surface area (Å²) in [4.78, 5) is 40.7. The van der Waals surface area contributed by atoms with Crippen LogP contribution in [0.4, 0.5) is 4.39 Å². The molecule has 2 aliphatic rings. The summed E-state index contributed by atoms with van der Waals surface area (Å²) in [6, 6.07) is 12.8. The maximum atomic E-state index is 14.3. The number of carbonyl (C=O) groups is 2. The van der Waals surface area contributed by atoms with Gasteiger partial charge < -0.3 is 30.2 Å². The summed E-state index contributed by atoms with van der Waals surface area (Å²) < 4.78 is 24.2. The zero-order valence-electron chi connectivity index (χ0n) is 25.2. The van der Waals surface area contributed by atoms with Crippen LogP contribution in [0.25, 0.3) is 44.8 Å². The van der Waals surface area contributed by atoms with Gasteiger partial charge in [0.1, 0.15) is 23.1 Å². The average molecular weight is 611 g/mol. The summed E-state index contributed by atoms with van der Waals surface area (Å²) >= 11 is 0. The van der Waals surface area contributed by atoms with E-state index >= 15 is 0 Å². The molecule has 1 aromatic carbocycles. The van der Waals surface area contributed by atoms with E-state index < -0.39 is 18.1 Å². The number of alkyl halides is 1. The maximum absolute atomic E-state index is 14.3. The first-order valence-corrected chi connectivity index (χ1v) is 15.2. The zero-order chi connectivity index (χ0) is 31.4. The summed E-state index contributed by atoms with van der Waals surface area (Å²) in [5.41, 5.74) is 17.0. The van der Waals surface area contributed by atoms with E-state index in [1.54, 1.807) is 31.5 Å². The summed E-state index contributed by atoms with van der Waals surface area (Å²) in [6.07, 6.45) is 3.22. The van der Waals surface area contributed by atoms with Crippen molar-refractivity contribution in [2.24, 2.45) is 24.4 Å². The number of hydrogen-bond acceptors (Lipinski definition) is 7. The first kappa shape index (κ1) is 28.9. The Bertz CT molecular complexity index is 1940. The minimum atomic E-state index is -1.15. The molecule has 1 saturated carbocycles. The lowest BCUT2D eigenvalue weighted by Crippen LogP contribution is -2.50. The van der Waals surface area contributed by atoms with E-state index in [-0.39, 0.29) is 25.3 Å². The van der Waals surface area contributed by atoms with Crippen LogP contribution < -0.4 is 16.2 Å². The number of nitrogens with two attached hydrogens (primary N) is 2. The highest BCUT2D eigenvalue weighted by Crippen LogP contribution is 2.38. The van der Waals surface area contributed by atoms with Gasteiger partial charge in [-0.1, -0.05) is 0 Å². The molecule has 2 atom stereocenters. The van der Waals surface area contributed by atoms with Crippen LogP contribution in [0.2, 0.25) is 0 Å². The smallest absolute Gasteiger partial charge is 0.254 e. The number of halogens is 1. The summed E-state index contributed by atoms with van der Waals surface area (Å²) in [5, 5.41) is 0.977. The SMILES string of the molecule is COc1cc(C(=O)N2C[C@H](N)C[C@@H](F)C2)cc2nc(-c3cc4ccc(-c5ccc(CC(N)=O)nc5)nc4n3CC3CC3)n(C)c12. The number of aromatic nitrogens is 5. The van der Waals surface area contributed by atoms with Gasteiger partial charge in [0.25, 0.3) is 5.91 Å². The van der Waals surface area contributed by atoms with E-state index in [0.29, 0.717) is 35.0 Å². The molecule has 0 unspecified atom stereocenters. The maximum Gasteiger partial charge on any atom is 0.254 e. The van der Waals surface area contributed by atoms with Crippen LogP contribution in [0, 0.1) is 5.92 Å². The number of fused-ring (bicyclic) bond motifs is 2. The Morgan fingerprint density at radius 1 is 1.09 bits per heavy atom. The molecule has 4 N–H and O–H groups in total. The van der Waals surface area contributed by atoms with E-state index in [2.05, 4.69) is 15.6 Å². The molecule has 0 spiro atoms. The summed E-state index contributed by atoms with van der Waals surface area (Å²) in [7, 11) is 3.50. The predicted octanol–water partition coefficient (Wildman–Crippen LogP) is 3.61. The number of benzene rings is 1. The van der Waals surface area contributed by atoms with Crippen LogP contribution in [0.3, 0.4) is 0 Å². The minimum Gasteiger partial charge on any atom is -0.494 e. The van der Waals surface area contributed by atoms with Gasteiger partial charge in [0.2, 0.25) is 5.91 Å². The van der Waals surface area contributed by atoms with Gasteiger partial charge in [0.05, 0.1) is 37.0 Å². The fourth-order valence-corrected chi connectivity index (χ4v) is 6.32. The van der Waals surface area contributed by atoms with Crippen molar-refractivity contribution in [3.8, 4) is 28.5 Å². The number of carbonyl (C=O) groups excluding carboxylic acids is 2. The minimum absolute atomic E-state index is 0.0181. The van der Waals surface area contributed by atoms with Crippen molar-refractivity contribution >= 4 is 33.9 Å². The summed E-state index contributed by atoms with van der Waals surface area (Å²) in [5.74, 6) is 1.06. The number of piperidine rings is 1. The van der Waals surface area contributed by atoms with Crippen molar-refractivity contribution in [1.29, 1.82) is 0 Å². The molecule has 5 heterocycles. The summed E-state index contributed by atoms with van der Waals surface area (Å²) in [6.45, 7) is 1.12. The Kier molecular flexibility index (Phi) is 7.23. The molecule has 12 heteroatoms. The first-order chi connectivity index (χ1) is 21.7. The molecular formula is C33H35FN8O3. The highest BCUT2D eigenvalue weighted by atomic mass is 19.1. The van der Waals surface area contributed by atoms with Crippen molar-refractivity contribution in [1.82, 2.24) is 29.0 Å². The van der Waals surface area contributed by atoms with Crippen LogP contribution in [-0.2, 0) is 24.8 Å². The zero-order valence-corrected chi connectivity index (χ0v) is 25.2. The molecular weight excluding hydrogens is 575 g/mol. The van der Waals surface area contributed by atoms with Crippen LogP contribution in [0.15, 0.2) is 48.7 Å². The van der Waals surface area contributed by atoms with Gasteiger partial charge in [-0.05, 0) is 67.6 Å². The number of imidazole rings is 1. The number of rotatable bonds is 8.